The minimum atomic E-state index is -0.793. The average molecular weight is 629 g/mol. The summed E-state index contributed by atoms with van der Waals surface area (Å²) < 4.78 is 10.2. The topological polar surface area (TPSA) is 99.6 Å². The number of thioether (sulfide) groups is 1. The fourth-order valence-corrected chi connectivity index (χ4v) is 10.3. The van der Waals surface area contributed by atoms with Crippen LogP contribution in [0.3, 0.4) is 0 Å². The number of amides is 2. The molecule has 0 aromatic carbocycles. The van der Waals surface area contributed by atoms with Crippen molar-refractivity contribution in [3.8, 4) is 0 Å². The number of aliphatic hydroxyl groups excluding tert-OH is 1. The standard InChI is InChI=1S/C28H42BrN3O6S/c1-5-8-31(10-9-30-11-14-37-15-12-30)26(35)24-28-16-19(29)23(39-28)21(27(36)38-13-6-2)22(28)25(34)32(24)20(17-33)18(4)7-3/h5-6,18-24,33H,1-2,7-17H2,3-4H3/t18-,19?,20-,21-,22-,23-,24?,28?/m0/s1. The third-order valence-corrected chi connectivity index (χ3v) is 12.1. The number of fused-ring (bicyclic) bond motifs is 1. The second-order valence-electron chi connectivity index (χ2n) is 11.0. The van der Waals surface area contributed by atoms with Gasteiger partial charge in [0.2, 0.25) is 11.8 Å². The number of carbonyl (C=O) groups is 3. The summed E-state index contributed by atoms with van der Waals surface area (Å²) in [5.74, 6) is -2.18. The van der Waals surface area contributed by atoms with E-state index in [0.717, 1.165) is 19.5 Å². The van der Waals surface area contributed by atoms with Crippen LogP contribution in [0.2, 0.25) is 0 Å². The number of carbonyl (C=O) groups excluding carboxylic acids is 3. The molecule has 4 rings (SSSR count). The van der Waals surface area contributed by atoms with Crippen LogP contribution in [-0.2, 0) is 23.9 Å². The molecule has 3 unspecified atom stereocenters. The fourth-order valence-electron chi connectivity index (χ4n) is 6.73. The molecule has 0 saturated carbocycles. The molecule has 0 aliphatic carbocycles. The van der Waals surface area contributed by atoms with Crippen molar-refractivity contribution in [2.24, 2.45) is 17.8 Å². The lowest BCUT2D eigenvalue weighted by molar-refractivity contribution is -0.153. The lowest BCUT2D eigenvalue weighted by Crippen LogP contribution is -2.59. The van der Waals surface area contributed by atoms with Crippen LogP contribution in [-0.4, -0.2) is 124 Å². The highest BCUT2D eigenvalue weighted by Crippen LogP contribution is 2.68. The van der Waals surface area contributed by atoms with E-state index in [2.05, 4.69) is 34.0 Å². The molecule has 4 aliphatic rings. The molecule has 0 radical (unpaired) electrons. The van der Waals surface area contributed by atoms with E-state index >= 15 is 0 Å². The number of esters is 1. The Labute approximate surface area is 244 Å². The van der Waals surface area contributed by atoms with E-state index in [1.54, 1.807) is 27.6 Å². The zero-order valence-corrected chi connectivity index (χ0v) is 25.4. The summed E-state index contributed by atoms with van der Waals surface area (Å²) in [7, 11) is 0. The molecule has 1 N–H and O–H groups in total. The molecule has 1 spiro atoms. The largest absolute Gasteiger partial charge is 0.461 e. The highest BCUT2D eigenvalue weighted by atomic mass is 79.9. The molecule has 39 heavy (non-hydrogen) atoms. The molecule has 0 aromatic rings. The zero-order chi connectivity index (χ0) is 28.3. The second-order valence-corrected chi connectivity index (χ2v) is 13.7. The van der Waals surface area contributed by atoms with Gasteiger partial charge in [0, 0.05) is 42.8 Å². The quantitative estimate of drug-likeness (QED) is 0.188. The Kier molecular flexibility index (Phi) is 10.2. The van der Waals surface area contributed by atoms with Gasteiger partial charge in [-0.05, 0) is 12.3 Å². The van der Waals surface area contributed by atoms with Crippen LogP contribution in [0.15, 0.2) is 25.3 Å². The Balaban J connectivity index is 1.72. The van der Waals surface area contributed by atoms with Crippen molar-refractivity contribution in [2.75, 3.05) is 59.2 Å². The summed E-state index contributed by atoms with van der Waals surface area (Å²) in [6, 6.07) is -1.32. The summed E-state index contributed by atoms with van der Waals surface area (Å²) in [5.41, 5.74) is 0. The van der Waals surface area contributed by atoms with E-state index in [1.807, 2.05) is 13.8 Å². The maximum atomic E-state index is 14.6. The third-order valence-electron chi connectivity index (χ3n) is 8.87. The van der Waals surface area contributed by atoms with Crippen LogP contribution in [0, 0.1) is 17.8 Å². The predicted molar refractivity (Wildman–Crippen MR) is 155 cm³/mol. The van der Waals surface area contributed by atoms with Gasteiger partial charge in [-0.2, -0.15) is 0 Å². The normalized spacial score (nSPS) is 33.5. The van der Waals surface area contributed by atoms with Gasteiger partial charge in [0.1, 0.15) is 12.6 Å². The molecule has 8 atom stereocenters. The second kappa shape index (κ2) is 13.1. The van der Waals surface area contributed by atoms with Crippen LogP contribution < -0.4 is 0 Å². The van der Waals surface area contributed by atoms with Crippen molar-refractivity contribution in [3.05, 3.63) is 25.3 Å². The van der Waals surface area contributed by atoms with Crippen LogP contribution in [0.25, 0.3) is 0 Å². The first-order valence-electron chi connectivity index (χ1n) is 14.0. The first kappa shape index (κ1) is 30.6. The summed E-state index contributed by atoms with van der Waals surface area (Å²) in [6.07, 6.45) is 4.55. The molecule has 2 amide bonds. The smallest absolute Gasteiger partial charge is 0.311 e. The van der Waals surface area contributed by atoms with Crippen molar-refractivity contribution in [1.29, 1.82) is 0 Å². The van der Waals surface area contributed by atoms with Crippen LogP contribution in [0.5, 0.6) is 0 Å². The molecule has 11 heteroatoms. The number of hydrogen-bond acceptors (Lipinski definition) is 8. The molecule has 2 bridgehead atoms. The first-order chi connectivity index (χ1) is 18.7. The summed E-state index contributed by atoms with van der Waals surface area (Å²) >= 11 is 5.36. The molecule has 218 valence electrons. The molecule has 0 aromatic heterocycles. The highest BCUT2D eigenvalue weighted by molar-refractivity contribution is 9.09. The monoisotopic (exact) mass is 627 g/mol. The molecule has 4 saturated heterocycles. The average Bonchev–Trinajstić information content (AvgIpc) is 3.53. The number of halogens is 1. The molecular weight excluding hydrogens is 586 g/mol. The van der Waals surface area contributed by atoms with Gasteiger partial charge in [0.25, 0.3) is 0 Å². The Morgan fingerprint density at radius 3 is 2.67 bits per heavy atom. The minimum Gasteiger partial charge on any atom is -0.461 e. The number of morpholine rings is 1. The van der Waals surface area contributed by atoms with E-state index in [-0.39, 0.29) is 41.0 Å². The van der Waals surface area contributed by atoms with Crippen LogP contribution in [0.4, 0.5) is 0 Å². The number of hydrogen-bond donors (Lipinski definition) is 1. The lowest BCUT2D eigenvalue weighted by Gasteiger charge is -2.41. The van der Waals surface area contributed by atoms with Crippen molar-refractivity contribution in [3.63, 3.8) is 0 Å². The molecule has 9 nitrogen and oxygen atoms in total. The van der Waals surface area contributed by atoms with Gasteiger partial charge in [-0.15, -0.1) is 18.3 Å². The number of likely N-dealkylation sites (tertiary alicyclic amines) is 1. The van der Waals surface area contributed by atoms with Crippen LogP contribution >= 0.6 is 27.7 Å². The van der Waals surface area contributed by atoms with Gasteiger partial charge in [0.15, 0.2) is 0 Å². The summed E-state index contributed by atoms with van der Waals surface area (Å²) in [6.45, 7) is 15.9. The first-order valence-corrected chi connectivity index (χ1v) is 15.8. The highest BCUT2D eigenvalue weighted by Gasteiger charge is 2.76. The molecule has 4 aliphatic heterocycles. The van der Waals surface area contributed by atoms with Gasteiger partial charge < -0.3 is 24.4 Å². The summed E-state index contributed by atoms with van der Waals surface area (Å²) in [4.78, 5) is 47.9. The Hall–Kier alpha value is -1.40. The maximum absolute atomic E-state index is 14.6. The number of rotatable bonds is 13. The summed E-state index contributed by atoms with van der Waals surface area (Å²) in [5, 5.41) is 10.3. The number of aliphatic hydroxyl groups is 1. The SMILES string of the molecule is C=CCOC(=O)[C@H]1[C@H]2C(=O)N([C@@H](CO)[C@@H](C)CC)C(C(=O)N(CC=C)CCN3CCOCC3)C23CC(Br)[C@@H]1S3. The van der Waals surface area contributed by atoms with E-state index in [9.17, 15) is 19.5 Å². The van der Waals surface area contributed by atoms with Crippen LogP contribution in [0.1, 0.15) is 26.7 Å². The maximum Gasteiger partial charge on any atom is 0.311 e. The van der Waals surface area contributed by atoms with Gasteiger partial charge in [-0.1, -0.05) is 54.9 Å². The molecule has 4 fully saturated rings. The third kappa shape index (κ3) is 5.58. The van der Waals surface area contributed by atoms with E-state index in [4.69, 9.17) is 9.47 Å². The lowest BCUT2D eigenvalue weighted by atomic mass is 9.71. The van der Waals surface area contributed by atoms with Crippen molar-refractivity contribution in [1.82, 2.24) is 14.7 Å². The van der Waals surface area contributed by atoms with Gasteiger partial charge in [0.05, 0.1) is 42.4 Å². The Morgan fingerprint density at radius 2 is 2.05 bits per heavy atom. The number of nitrogens with zero attached hydrogens (tertiary/aromatic N) is 3. The van der Waals surface area contributed by atoms with E-state index in [0.29, 0.717) is 39.3 Å². The van der Waals surface area contributed by atoms with E-state index in [1.165, 1.54) is 6.08 Å². The zero-order valence-electron chi connectivity index (χ0n) is 23.0. The number of ether oxygens (including phenoxy) is 2. The van der Waals surface area contributed by atoms with Gasteiger partial charge in [-0.25, -0.2) is 0 Å². The molecular formula is C28H42BrN3O6S. The minimum absolute atomic E-state index is 0.0289. The Morgan fingerprint density at radius 1 is 1.33 bits per heavy atom. The van der Waals surface area contributed by atoms with Crippen molar-refractivity contribution >= 4 is 45.5 Å². The molecule has 4 heterocycles. The van der Waals surface area contributed by atoms with Crippen molar-refractivity contribution in [2.45, 2.75) is 53.6 Å². The number of alkyl halides is 1. The van der Waals surface area contributed by atoms with Gasteiger partial charge >= 0.3 is 5.97 Å². The predicted octanol–water partition coefficient (Wildman–Crippen LogP) is 1.93. The van der Waals surface area contributed by atoms with Crippen molar-refractivity contribution < 1.29 is 29.0 Å². The van der Waals surface area contributed by atoms with E-state index < -0.39 is 34.6 Å². The Bertz CT molecular complexity index is 948. The van der Waals surface area contributed by atoms with Gasteiger partial charge in [-0.3, -0.25) is 19.3 Å². The fraction of sp³-hybridized carbons (Fsp3) is 0.750.